The van der Waals surface area contributed by atoms with Gasteiger partial charge in [0.2, 0.25) is 0 Å². The van der Waals surface area contributed by atoms with E-state index >= 15 is 0 Å². The van der Waals surface area contributed by atoms with Crippen LogP contribution in [0.1, 0.15) is 57.3 Å². The summed E-state index contributed by atoms with van der Waals surface area (Å²) in [5.41, 5.74) is 1.13. The molecule has 1 amide bonds. The van der Waals surface area contributed by atoms with Crippen molar-refractivity contribution in [1.29, 1.82) is 0 Å². The van der Waals surface area contributed by atoms with Gasteiger partial charge in [0.1, 0.15) is 11.8 Å². The number of amides is 1. The van der Waals surface area contributed by atoms with Crippen LogP contribution in [0.25, 0.3) is 0 Å². The predicted octanol–water partition coefficient (Wildman–Crippen LogP) is 3.27. The third kappa shape index (κ3) is 2.37. The topological polar surface area (TPSA) is 84.1 Å². The molecule has 2 aromatic rings. The second-order valence-electron chi connectivity index (χ2n) is 9.09. The first-order chi connectivity index (χ1) is 14.5. The zero-order valence-corrected chi connectivity index (χ0v) is 17.4. The zero-order chi connectivity index (χ0) is 20.6. The number of benzene rings is 1. The summed E-state index contributed by atoms with van der Waals surface area (Å²) in [6, 6.07) is 6.83. The van der Waals surface area contributed by atoms with Crippen molar-refractivity contribution in [2.45, 2.75) is 57.3 Å². The Morgan fingerprint density at radius 3 is 2.63 bits per heavy atom. The molecule has 8 nitrogen and oxygen atoms in total. The van der Waals surface area contributed by atoms with E-state index in [4.69, 9.17) is 9.26 Å². The lowest BCUT2D eigenvalue weighted by Crippen LogP contribution is -2.60. The molecule has 1 aliphatic carbocycles. The molecule has 1 aromatic heterocycles. The molecule has 30 heavy (non-hydrogen) atoms. The number of hydrogen-bond acceptors (Lipinski definition) is 7. The zero-order valence-electron chi connectivity index (χ0n) is 17.4. The standard InChI is InChI=1S/C22H25N5O3/c1-12-13(2)16(12)19-24-20(30-25-19)17-18-21(28)27(22(3)9-6-10-29-22)15-8-5-4-7-14(15)26(18)11-23-17/h4-5,7-8,11-13,16-18H,6,9-10H2,1-3H3. The van der Waals surface area contributed by atoms with E-state index in [9.17, 15) is 4.79 Å². The number of anilines is 2. The number of fused-ring (bicyclic) bond motifs is 3. The molecule has 2 fully saturated rings. The highest BCUT2D eigenvalue weighted by molar-refractivity contribution is 6.12. The lowest BCUT2D eigenvalue weighted by atomic mass is 9.97. The summed E-state index contributed by atoms with van der Waals surface area (Å²) < 4.78 is 11.7. The van der Waals surface area contributed by atoms with Crippen molar-refractivity contribution in [3.63, 3.8) is 0 Å². The largest absolute Gasteiger partial charge is 0.355 e. The van der Waals surface area contributed by atoms with Crippen molar-refractivity contribution < 1.29 is 14.1 Å². The van der Waals surface area contributed by atoms with Crippen LogP contribution in [0.5, 0.6) is 0 Å². The fraction of sp³-hybridized carbons (Fsp3) is 0.545. The van der Waals surface area contributed by atoms with Gasteiger partial charge in [-0.15, -0.1) is 0 Å². The Labute approximate surface area is 174 Å². The van der Waals surface area contributed by atoms with E-state index in [-0.39, 0.29) is 5.91 Å². The van der Waals surface area contributed by atoms with Gasteiger partial charge >= 0.3 is 0 Å². The summed E-state index contributed by atoms with van der Waals surface area (Å²) in [6.45, 7) is 7.04. The Bertz CT molecular complexity index is 1030. The van der Waals surface area contributed by atoms with Crippen LogP contribution in [-0.4, -0.2) is 40.8 Å². The van der Waals surface area contributed by atoms with Crippen LogP contribution >= 0.6 is 0 Å². The summed E-state index contributed by atoms with van der Waals surface area (Å²) in [5, 5.41) is 4.21. The molecule has 1 saturated carbocycles. The normalized spacial score (nSPS) is 36.9. The Morgan fingerprint density at radius 2 is 1.93 bits per heavy atom. The molecule has 3 aliphatic heterocycles. The Kier molecular flexibility index (Phi) is 3.69. The van der Waals surface area contributed by atoms with Gasteiger partial charge in [0.25, 0.3) is 11.8 Å². The van der Waals surface area contributed by atoms with Gasteiger partial charge in [-0.3, -0.25) is 14.7 Å². The van der Waals surface area contributed by atoms with E-state index in [1.807, 2.05) is 41.0 Å². The van der Waals surface area contributed by atoms with E-state index in [2.05, 4.69) is 29.0 Å². The maximum absolute atomic E-state index is 13.8. The minimum absolute atomic E-state index is 0.0477. The monoisotopic (exact) mass is 407 g/mol. The number of aromatic nitrogens is 2. The highest BCUT2D eigenvalue weighted by atomic mass is 16.5. The molecule has 156 valence electrons. The first-order valence-electron chi connectivity index (χ1n) is 10.7. The van der Waals surface area contributed by atoms with E-state index in [1.54, 1.807) is 6.34 Å². The summed E-state index contributed by atoms with van der Waals surface area (Å²) >= 11 is 0. The van der Waals surface area contributed by atoms with Gasteiger partial charge in [-0.05, 0) is 43.7 Å². The van der Waals surface area contributed by atoms with Crippen LogP contribution in [-0.2, 0) is 9.53 Å². The molecule has 0 N–H and O–H groups in total. The van der Waals surface area contributed by atoms with Crippen molar-refractivity contribution in [1.82, 2.24) is 10.1 Å². The highest BCUT2D eigenvalue weighted by Crippen LogP contribution is 2.52. The van der Waals surface area contributed by atoms with Crippen LogP contribution < -0.4 is 9.80 Å². The molecule has 1 aromatic carbocycles. The molecule has 0 radical (unpaired) electrons. The predicted molar refractivity (Wildman–Crippen MR) is 110 cm³/mol. The van der Waals surface area contributed by atoms with E-state index in [0.29, 0.717) is 30.3 Å². The molecule has 8 heteroatoms. The fourth-order valence-electron chi connectivity index (χ4n) is 5.30. The maximum atomic E-state index is 13.8. The molecule has 5 unspecified atom stereocenters. The number of hydrogen-bond donors (Lipinski definition) is 0. The number of nitrogens with zero attached hydrogens (tertiary/aromatic N) is 5. The van der Waals surface area contributed by atoms with Gasteiger partial charge in [-0.2, -0.15) is 4.98 Å². The Hall–Kier alpha value is -2.74. The number of ether oxygens (including phenoxy) is 1. The van der Waals surface area contributed by atoms with Crippen LogP contribution in [0.2, 0.25) is 0 Å². The number of carbonyl (C=O) groups is 1. The second kappa shape index (κ2) is 6.14. The quantitative estimate of drug-likeness (QED) is 0.776. The SMILES string of the molecule is CC1C(C)C1c1noc(C2N=CN3c4ccccc4N(C4(C)CCCO4)C(=O)C23)n1. The summed E-state index contributed by atoms with van der Waals surface area (Å²) in [4.78, 5) is 26.9. The summed E-state index contributed by atoms with van der Waals surface area (Å²) in [6.07, 6.45) is 3.46. The van der Waals surface area contributed by atoms with Gasteiger partial charge in [0.05, 0.1) is 17.7 Å². The molecule has 0 bridgehead atoms. The van der Waals surface area contributed by atoms with Gasteiger partial charge in [0, 0.05) is 12.5 Å². The highest BCUT2D eigenvalue weighted by Gasteiger charge is 2.54. The Morgan fingerprint density at radius 1 is 1.17 bits per heavy atom. The van der Waals surface area contributed by atoms with E-state index in [0.717, 1.165) is 30.0 Å². The summed E-state index contributed by atoms with van der Waals surface area (Å²) in [5.74, 6) is 2.52. The molecule has 4 heterocycles. The number of para-hydroxylation sites is 2. The second-order valence-corrected chi connectivity index (χ2v) is 9.09. The lowest BCUT2D eigenvalue weighted by Gasteiger charge is -2.45. The number of rotatable bonds is 3. The van der Waals surface area contributed by atoms with Gasteiger partial charge in [-0.25, -0.2) is 0 Å². The minimum Gasteiger partial charge on any atom is -0.355 e. The fourth-order valence-corrected chi connectivity index (χ4v) is 5.30. The average Bonchev–Trinajstić information content (AvgIpc) is 3.27. The molecular weight excluding hydrogens is 382 g/mol. The van der Waals surface area contributed by atoms with Crippen molar-refractivity contribution in [3.8, 4) is 0 Å². The molecule has 0 spiro atoms. The maximum Gasteiger partial charge on any atom is 0.255 e. The lowest BCUT2D eigenvalue weighted by molar-refractivity contribution is -0.125. The average molecular weight is 407 g/mol. The molecule has 6 rings (SSSR count). The minimum atomic E-state index is -0.661. The Balaban J connectivity index is 1.39. The third-order valence-corrected chi connectivity index (χ3v) is 7.33. The summed E-state index contributed by atoms with van der Waals surface area (Å²) in [7, 11) is 0. The molecule has 5 atom stereocenters. The molecule has 1 saturated heterocycles. The van der Waals surface area contributed by atoms with Crippen LogP contribution in [0.15, 0.2) is 33.8 Å². The first-order valence-corrected chi connectivity index (χ1v) is 10.7. The van der Waals surface area contributed by atoms with Gasteiger partial charge in [-0.1, -0.05) is 31.1 Å². The van der Waals surface area contributed by atoms with Crippen LogP contribution in [0, 0.1) is 11.8 Å². The molecular formula is C22H25N5O3. The molecule has 4 aliphatic rings. The third-order valence-electron chi connectivity index (χ3n) is 7.33. The van der Waals surface area contributed by atoms with Gasteiger partial charge < -0.3 is 14.2 Å². The van der Waals surface area contributed by atoms with Crippen LogP contribution in [0.3, 0.4) is 0 Å². The van der Waals surface area contributed by atoms with Crippen molar-refractivity contribution in [3.05, 3.63) is 36.0 Å². The first kappa shape index (κ1) is 18.1. The number of carbonyl (C=O) groups excluding carboxylic acids is 1. The van der Waals surface area contributed by atoms with Crippen molar-refractivity contribution in [2.75, 3.05) is 16.4 Å². The van der Waals surface area contributed by atoms with E-state index < -0.39 is 17.8 Å². The van der Waals surface area contributed by atoms with Gasteiger partial charge in [0.15, 0.2) is 11.9 Å². The smallest absolute Gasteiger partial charge is 0.255 e. The van der Waals surface area contributed by atoms with Crippen molar-refractivity contribution in [2.24, 2.45) is 16.8 Å². The van der Waals surface area contributed by atoms with E-state index in [1.165, 1.54) is 0 Å². The van der Waals surface area contributed by atoms with Crippen LogP contribution in [0.4, 0.5) is 11.4 Å². The van der Waals surface area contributed by atoms with Crippen molar-refractivity contribution >= 4 is 23.6 Å². The number of aliphatic imine (C=N–C) groups is 1.